The highest BCUT2D eigenvalue weighted by Gasteiger charge is 2.52. The van der Waals surface area contributed by atoms with E-state index in [1.807, 2.05) is 43.3 Å². The number of hydrogen-bond acceptors (Lipinski definition) is 3. The Bertz CT molecular complexity index is 466. The van der Waals surface area contributed by atoms with Gasteiger partial charge in [0.25, 0.3) is 0 Å². The van der Waals surface area contributed by atoms with Gasteiger partial charge in [-0.1, -0.05) is 24.3 Å². The van der Waals surface area contributed by atoms with Gasteiger partial charge < -0.3 is 5.11 Å². The van der Waals surface area contributed by atoms with Crippen molar-refractivity contribution in [1.82, 2.24) is 0 Å². The quantitative estimate of drug-likeness (QED) is 0.579. The third-order valence-electron chi connectivity index (χ3n) is 3.51. The highest BCUT2D eigenvalue weighted by Crippen LogP contribution is 2.50. The van der Waals surface area contributed by atoms with Gasteiger partial charge in [-0.25, -0.2) is 9.78 Å². The molecule has 4 rings (SSSR count). The predicted octanol–water partition coefficient (Wildman–Crippen LogP) is 2.01. The van der Waals surface area contributed by atoms with Crippen LogP contribution >= 0.6 is 0 Å². The minimum Gasteiger partial charge on any atom is -0.390 e. The van der Waals surface area contributed by atoms with Gasteiger partial charge in [0.1, 0.15) is 5.60 Å². The summed E-state index contributed by atoms with van der Waals surface area (Å²) in [6.45, 7) is 3.66. The number of fused-ring (bicyclic) bond motifs is 1. The molecule has 2 bridgehead atoms. The van der Waals surface area contributed by atoms with E-state index >= 15 is 0 Å². The van der Waals surface area contributed by atoms with E-state index < -0.39 is 17.3 Å². The van der Waals surface area contributed by atoms with Crippen LogP contribution in [-0.4, -0.2) is 11.2 Å². The van der Waals surface area contributed by atoms with E-state index in [1.165, 1.54) is 0 Å². The molecule has 2 aliphatic heterocycles. The summed E-state index contributed by atoms with van der Waals surface area (Å²) >= 11 is 0. The molecule has 0 radical (unpaired) electrons. The van der Waals surface area contributed by atoms with Crippen LogP contribution in [0, 0.1) is 0 Å². The Morgan fingerprint density at radius 2 is 1.81 bits per heavy atom. The van der Waals surface area contributed by atoms with Gasteiger partial charge in [0, 0.05) is 5.56 Å². The summed E-state index contributed by atoms with van der Waals surface area (Å²) < 4.78 is 0. The fraction of sp³-hybridized carbons (Fsp3) is 0.385. The van der Waals surface area contributed by atoms with E-state index in [-0.39, 0.29) is 0 Å². The number of rotatable bonds is 1. The Morgan fingerprint density at radius 1 is 1.12 bits per heavy atom. The lowest BCUT2D eigenvalue weighted by atomic mass is 9.74. The van der Waals surface area contributed by atoms with Gasteiger partial charge in [0.2, 0.25) is 0 Å². The zero-order valence-electron chi connectivity index (χ0n) is 9.31. The van der Waals surface area contributed by atoms with Crippen molar-refractivity contribution in [2.75, 3.05) is 0 Å². The average molecular weight is 218 g/mol. The molecule has 1 aromatic carbocycles. The third kappa shape index (κ3) is 1.03. The van der Waals surface area contributed by atoms with Crippen LogP contribution < -0.4 is 0 Å². The Labute approximate surface area is 94.2 Å². The number of aliphatic hydroxyl groups is 1. The van der Waals surface area contributed by atoms with E-state index in [1.54, 1.807) is 6.92 Å². The van der Waals surface area contributed by atoms with Gasteiger partial charge in [-0.2, -0.15) is 0 Å². The molecule has 0 amide bonds. The van der Waals surface area contributed by atoms with Crippen LogP contribution in [0.4, 0.5) is 0 Å². The summed E-state index contributed by atoms with van der Waals surface area (Å²) in [7, 11) is 0. The normalized spacial score (nSPS) is 37.2. The monoisotopic (exact) mass is 218 g/mol. The highest BCUT2D eigenvalue weighted by molar-refractivity contribution is 5.47. The van der Waals surface area contributed by atoms with Crippen LogP contribution in [0.1, 0.15) is 25.0 Å². The molecule has 3 heteroatoms. The summed E-state index contributed by atoms with van der Waals surface area (Å²) in [5, 5.41) is 9.93. The Hall–Kier alpha value is -1.16. The molecular formula is C13H14O3. The summed E-state index contributed by atoms with van der Waals surface area (Å²) in [5.74, 6) is 0. The fourth-order valence-corrected chi connectivity index (χ4v) is 2.45. The van der Waals surface area contributed by atoms with Crippen LogP contribution in [0.2, 0.25) is 0 Å². The van der Waals surface area contributed by atoms with Crippen molar-refractivity contribution in [3.8, 4) is 0 Å². The van der Waals surface area contributed by atoms with E-state index in [4.69, 9.17) is 9.78 Å². The molecule has 0 saturated carbocycles. The summed E-state index contributed by atoms with van der Waals surface area (Å²) in [6, 6.07) is 7.91. The van der Waals surface area contributed by atoms with E-state index in [9.17, 15) is 5.11 Å². The molecule has 0 fully saturated rings. The van der Waals surface area contributed by atoms with Gasteiger partial charge >= 0.3 is 0 Å². The van der Waals surface area contributed by atoms with Gasteiger partial charge in [0.05, 0.1) is 6.10 Å². The maximum absolute atomic E-state index is 9.93. The zero-order chi connectivity index (χ0) is 11.4. The van der Waals surface area contributed by atoms with Crippen LogP contribution in [0.3, 0.4) is 0 Å². The highest BCUT2D eigenvalue weighted by atomic mass is 17.2. The van der Waals surface area contributed by atoms with E-state index in [2.05, 4.69) is 0 Å². The van der Waals surface area contributed by atoms with E-state index in [0.717, 1.165) is 11.1 Å². The number of aliphatic hydroxyl groups excluding tert-OH is 1. The molecule has 84 valence electrons. The van der Waals surface area contributed by atoms with E-state index in [0.29, 0.717) is 0 Å². The minimum absolute atomic E-state index is 0.534. The first-order chi connectivity index (χ1) is 7.58. The topological polar surface area (TPSA) is 38.7 Å². The molecule has 0 saturated heterocycles. The molecule has 0 spiro atoms. The van der Waals surface area contributed by atoms with Crippen molar-refractivity contribution in [3.05, 3.63) is 47.5 Å². The predicted molar refractivity (Wildman–Crippen MR) is 58.5 cm³/mol. The Balaban J connectivity index is 2.29. The second-order valence-corrected chi connectivity index (χ2v) is 4.62. The minimum atomic E-state index is -0.853. The molecule has 2 heterocycles. The van der Waals surface area contributed by atoms with Crippen LogP contribution in [0.15, 0.2) is 36.4 Å². The largest absolute Gasteiger partial charge is 0.390 e. The van der Waals surface area contributed by atoms with Gasteiger partial charge in [-0.05, 0) is 31.6 Å². The summed E-state index contributed by atoms with van der Waals surface area (Å²) in [5.41, 5.74) is 0.660. The average Bonchev–Trinajstić information content (AvgIpc) is 2.30. The molecule has 1 aromatic rings. The molecular weight excluding hydrogens is 204 g/mol. The number of benzene rings is 1. The van der Waals surface area contributed by atoms with Crippen LogP contribution in [-0.2, 0) is 21.0 Å². The van der Waals surface area contributed by atoms with Crippen LogP contribution in [0.5, 0.6) is 0 Å². The molecule has 1 aliphatic carbocycles. The van der Waals surface area contributed by atoms with Crippen molar-refractivity contribution in [3.63, 3.8) is 0 Å². The Kier molecular flexibility index (Phi) is 1.84. The fourth-order valence-electron chi connectivity index (χ4n) is 2.45. The van der Waals surface area contributed by atoms with Crippen molar-refractivity contribution < 1.29 is 14.9 Å². The maximum atomic E-state index is 9.93. The zero-order valence-corrected chi connectivity index (χ0v) is 9.31. The maximum Gasteiger partial charge on any atom is 0.172 e. The first kappa shape index (κ1) is 10.0. The lowest BCUT2D eigenvalue weighted by Gasteiger charge is -2.48. The van der Waals surface area contributed by atoms with Gasteiger partial charge in [-0.3, -0.25) is 0 Å². The second kappa shape index (κ2) is 2.94. The summed E-state index contributed by atoms with van der Waals surface area (Å²) in [4.78, 5) is 10.8. The first-order valence-corrected chi connectivity index (χ1v) is 5.44. The molecule has 1 N–H and O–H groups in total. The van der Waals surface area contributed by atoms with Crippen LogP contribution in [0.25, 0.3) is 0 Å². The molecule has 0 unspecified atom stereocenters. The summed E-state index contributed by atoms with van der Waals surface area (Å²) in [6.07, 6.45) is 3.18. The first-order valence-electron chi connectivity index (χ1n) is 5.44. The third-order valence-corrected chi connectivity index (χ3v) is 3.51. The Morgan fingerprint density at radius 3 is 2.38 bits per heavy atom. The molecule has 3 atom stereocenters. The van der Waals surface area contributed by atoms with Gasteiger partial charge in [0.15, 0.2) is 5.60 Å². The van der Waals surface area contributed by atoms with Crippen molar-refractivity contribution in [1.29, 1.82) is 0 Å². The lowest BCUT2D eigenvalue weighted by Crippen LogP contribution is -2.50. The van der Waals surface area contributed by atoms with Gasteiger partial charge in [-0.15, -0.1) is 0 Å². The smallest absolute Gasteiger partial charge is 0.172 e. The molecule has 3 aliphatic rings. The second-order valence-electron chi connectivity index (χ2n) is 4.62. The molecule has 3 nitrogen and oxygen atoms in total. The standard InChI is InChI=1S/C13H14O3/c1-9(14)13-8-7-12(2,15-16-13)10-5-3-4-6-11(10)13/h3-9,14H,1-2H3/t9-,12+,13+/m0/s1. The van der Waals surface area contributed by atoms with Crippen molar-refractivity contribution in [2.45, 2.75) is 31.2 Å². The SMILES string of the molecule is C[C@H](O)[C@@]12C=C[C@@](C)(OO1)c1ccccc12. The lowest BCUT2D eigenvalue weighted by molar-refractivity contribution is -0.430. The van der Waals surface area contributed by atoms with Crippen molar-refractivity contribution >= 4 is 0 Å². The molecule has 0 aromatic heterocycles. The molecule has 16 heavy (non-hydrogen) atoms. The number of hydrogen-bond donors (Lipinski definition) is 1. The van der Waals surface area contributed by atoms with Crippen molar-refractivity contribution in [2.24, 2.45) is 0 Å².